The number of aryl methyl sites for hydroxylation is 1. The Morgan fingerprint density at radius 2 is 1.88 bits per heavy atom. The highest BCUT2D eigenvalue weighted by Gasteiger charge is 2.30. The second kappa shape index (κ2) is 7.87. The first-order valence-corrected chi connectivity index (χ1v) is 10.7. The van der Waals surface area contributed by atoms with Crippen molar-refractivity contribution in [1.82, 2.24) is 29.9 Å². The molecule has 0 aliphatic carbocycles. The minimum Gasteiger partial charge on any atom is -0.507 e. The fourth-order valence-electron chi connectivity index (χ4n) is 4.14. The van der Waals surface area contributed by atoms with Gasteiger partial charge in [0.05, 0.1) is 24.2 Å². The highest BCUT2D eigenvalue weighted by Crippen LogP contribution is 2.35. The smallest absolute Gasteiger partial charge is 0.242 e. The largest absolute Gasteiger partial charge is 0.507 e. The third-order valence-corrected chi connectivity index (χ3v) is 6.08. The van der Waals surface area contributed by atoms with Crippen molar-refractivity contribution in [2.45, 2.75) is 25.8 Å². The second-order valence-corrected chi connectivity index (χ2v) is 8.58. The Morgan fingerprint density at radius 3 is 2.53 bits per heavy atom. The van der Waals surface area contributed by atoms with Crippen molar-refractivity contribution in [2.75, 3.05) is 20.2 Å². The van der Waals surface area contributed by atoms with Gasteiger partial charge in [0.25, 0.3) is 0 Å². The average Bonchev–Trinajstić information content (AvgIpc) is 3.12. The van der Waals surface area contributed by atoms with Crippen molar-refractivity contribution < 1.29 is 9.84 Å². The van der Waals surface area contributed by atoms with Crippen molar-refractivity contribution in [3.05, 3.63) is 48.3 Å². The van der Waals surface area contributed by atoms with E-state index in [9.17, 15) is 5.11 Å². The quantitative estimate of drug-likeness (QED) is 0.517. The van der Waals surface area contributed by atoms with Gasteiger partial charge in [-0.2, -0.15) is 15.3 Å². The Bertz CT molecular complexity index is 1280. The van der Waals surface area contributed by atoms with Crippen LogP contribution in [0.2, 0.25) is 0 Å². The second-order valence-electron chi connectivity index (χ2n) is 8.58. The summed E-state index contributed by atoms with van der Waals surface area (Å²) in [5.41, 5.74) is 4.47. The molecule has 164 valence electrons. The predicted octanol–water partition coefficient (Wildman–Crippen LogP) is 3.61. The SMILES string of the molecule is COc1nc(-c2ccc(-c3ccc(C4CN(C(C)C)C4)nn3)c(O)c2)cc2cn(C)nc12. The van der Waals surface area contributed by atoms with Crippen molar-refractivity contribution in [1.29, 1.82) is 0 Å². The zero-order chi connectivity index (χ0) is 22.4. The van der Waals surface area contributed by atoms with Gasteiger partial charge >= 0.3 is 0 Å². The number of aromatic nitrogens is 5. The topological polar surface area (TPSA) is 89.2 Å². The van der Waals surface area contributed by atoms with E-state index in [1.807, 2.05) is 43.6 Å². The van der Waals surface area contributed by atoms with Crippen molar-refractivity contribution in [3.63, 3.8) is 0 Å². The monoisotopic (exact) mass is 430 g/mol. The number of methoxy groups -OCH3 is 1. The maximum Gasteiger partial charge on any atom is 0.242 e. The van der Waals surface area contributed by atoms with E-state index in [2.05, 4.69) is 39.0 Å². The molecule has 8 heteroatoms. The van der Waals surface area contributed by atoms with Crippen LogP contribution >= 0.6 is 0 Å². The molecule has 1 fully saturated rings. The summed E-state index contributed by atoms with van der Waals surface area (Å²) in [5, 5.41) is 24.9. The first kappa shape index (κ1) is 20.4. The lowest BCUT2D eigenvalue weighted by Crippen LogP contribution is -2.48. The van der Waals surface area contributed by atoms with E-state index in [1.165, 1.54) is 0 Å². The van der Waals surface area contributed by atoms with Crippen LogP contribution in [0, 0.1) is 0 Å². The van der Waals surface area contributed by atoms with Crippen LogP contribution in [-0.2, 0) is 7.05 Å². The summed E-state index contributed by atoms with van der Waals surface area (Å²) in [4.78, 5) is 6.98. The summed E-state index contributed by atoms with van der Waals surface area (Å²) >= 11 is 0. The highest BCUT2D eigenvalue weighted by molar-refractivity contribution is 5.87. The van der Waals surface area contributed by atoms with Crippen LogP contribution in [0.4, 0.5) is 0 Å². The zero-order valence-corrected chi connectivity index (χ0v) is 18.6. The fourth-order valence-corrected chi connectivity index (χ4v) is 4.14. The molecule has 32 heavy (non-hydrogen) atoms. The number of aromatic hydroxyl groups is 1. The molecule has 0 radical (unpaired) electrons. The first-order chi connectivity index (χ1) is 15.4. The summed E-state index contributed by atoms with van der Waals surface area (Å²) in [6, 6.07) is 11.9. The van der Waals surface area contributed by atoms with Crippen molar-refractivity contribution >= 4 is 10.9 Å². The maximum absolute atomic E-state index is 10.7. The van der Waals surface area contributed by atoms with E-state index >= 15 is 0 Å². The molecular formula is C24H26N6O2. The van der Waals surface area contributed by atoms with Crippen molar-refractivity contribution in [3.8, 4) is 34.1 Å². The molecule has 8 nitrogen and oxygen atoms in total. The van der Waals surface area contributed by atoms with Crippen LogP contribution in [0.25, 0.3) is 33.4 Å². The lowest BCUT2D eigenvalue weighted by atomic mass is 9.94. The van der Waals surface area contributed by atoms with Gasteiger partial charge in [-0.15, -0.1) is 0 Å². The Kier molecular flexibility index (Phi) is 5.01. The zero-order valence-electron chi connectivity index (χ0n) is 18.6. The Balaban J connectivity index is 1.41. The molecule has 0 spiro atoms. The standard InChI is InChI=1S/C24H26N6O2/c1-14(2)30-12-17(13-30)19-7-8-20(27-26-19)18-6-5-15(10-22(18)31)21-9-16-11-29(3)28-23(16)24(25-21)32-4/h5-11,14,17,31H,12-13H2,1-4H3. The van der Waals surface area contributed by atoms with Gasteiger partial charge < -0.3 is 9.84 Å². The molecule has 1 saturated heterocycles. The molecule has 0 amide bonds. The average molecular weight is 431 g/mol. The molecular weight excluding hydrogens is 404 g/mol. The van der Waals surface area contributed by atoms with Gasteiger partial charge in [-0.3, -0.25) is 9.58 Å². The minimum atomic E-state index is 0.131. The number of likely N-dealkylation sites (tertiary alicyclic amines) is 1. The lowest BCUT2D eigenvalue weighted by Gasteiger charge is -2.41. The van der Waals surface area contributed by atoms with E-state index in [1.54, 1.807) is 17.9 Å². The fraction of sp³-hybridized carbons (Fsp3) is 0.333. The third-order valence-electron chi connectivity index (χ3n) is 6.08. The molecule has 0 atom stereocenters. The number of hydrogen-bond acceptors (Lipinski definition) is 7. The number of benzene rings is 1. The van der Waals surface area contributed by atoms with Crippen molar-refractivity contribution in [2.24, 2.45) is 7.05 Å². The number of phenolic OH excluding ortho intramolecular Hbond substituents is 1. The van der Waals surface area contributed by atoms with Gasteiger partial charge in [0, 0.05) is 54.8 Å². The highest BCUT2D eigenvalue weighted by atomic mass is 16.5. The Labute approximate surface area is 186 Å². The molecule has 1 N–H and O–H groups in total. The lowest BCUT2D eigenvalue weighted by molar-refractivity contribution is 0.107. The van der Waals surface area contributed by atoms with E-state index < -0.39 is 0 Å². The van der Waals surface area contributed by atoms with Gasteiger partial charge in [-0.05, 0) is 44.2 Å². The van der Waals surface area contributed by atoms with Gasteiger partial charge in [0.2, 0.25) is 5.88 Å². The van der Waals surface area contributed by atoms with Crippen LogP contribution in [0.5, 0.6) is 11.6 Å². The normalized spacial score (nSPS) is 14.8. The number of pyridine rings is 1. The summed E-state index contributed by atoms with van der Waals surface area (Å²) in [7, 11) is 3.43. The number of nitrogens with zero attached hydrogens (tertiary/aromatic N) is 6. The number of hydrogen-bond donors (Lipinski definition) is 1. The predicted molar refractivity (Wildman–Crippen MR) is 123 cm³/mol. The molecule has 5 rings (SSSR count). The van der Waals surface area contributed by atoms with Crippen LogP contribution < -0.4 is 4.74 Å². The first-order valence-electron chi connectivity index (χ1n) is 10.7. The number of rotatable bonds is 5. The van der Waals surface area contributed by atoms with Crippen LogP contribution in [-0.4, -0.2) is 61.2 Å². The van der Waals surface area contributed by atoms with Gasteiger partial charge in [-0.25, -0.2) is 4.98 Å². The maximum atomic E-state index is 10.7. The van der Waals surface area contributed by atoms with E-state index in [4.69, 9.17) is 4.74 Å². The van der Waals surface area contributed by atoms with Crippen LogP contribution in [0.3, 0.4) is 0 Å². The molecule has 1 aliphatic rings. The molecule has 4 heterocycles. The van der Waals surface area contributed by atoms with Gasteiger partial charge in [-0.1, -0.05) is 6.07 Å². The molecule has 4 aromatic rings. The molecule has 3 aromatic heterocycles. The summed E-state index contributed by atoms with van der Waals surface area (Å²) in [5.74, 6) is 1.01. The molecule has 0 bridgehead atoms. The number of phenols is 1. The molecule has 0 saturated carbocycles. The number of fused-ring (bicyclic) bond motifs is 1. The Hall–Kier alpha value is -3.52. The Morgan fingerprint density at radius 1 is 1.06 bits per heavy atom. The van der Waals surface area contributed by atoms with Gasteiger partial charge in [0.1, 0.15) is 5.75 Å². The molecule has 1 aliphatic heterocycles. The van der Waals surface area contributed by atoms with Gasteiger partial charge in [0.15, 0.2) is 5.52 Å². The number of ether oxygens (including phenoxy) is 1. The molecule has 0 unspecified atom stereocenters. The summed E-state index contributed by atoms with van der Waals surface area (Å²) < 4.78 is 7.15. The van der Waals surface area contributed by atoms with E-state index in [0.717, 1.165) is 29.7 Å². The summed E-state index contributed by atoms with van der Waals surface area (Å²) in [6.07, 6.45) is 1.91. The van der Waals surface area contributed by atoms with Crippen LogP contribution in [0.15, 0.2) is 42.6 Å². The summed E-state index contributed by atoms with van der Waals surface area (Å²) in [6.45, 7) is 6.45. The van der Waals surface area contributed by atoms with Crippen LogP contribution in [0.1, 0.15) is 25.5 Å². The van der Waals surface area contributed by atoms with E-state index in [0.29, 0.717) is 40.3 Å². The third kappa shape index (κ3) is 3.56. The molecule has 1 aromatic carbocycles. The minimum absolute atomic E-state index is 0.131. The van der Waals surface area contributed by atoms with E-state index in [-0.39, 0.29) is 5.75 Å².